The SMILES string of the molecule is C#CC1CCC(C(=O)O)CC1.C#CC1CCC(C(=O)OC)CC1.O.[Li+].[OH-]. The van der Waals surface area contributed by atoms with E-state index in [0.717, 1.165) is 51.4 Å². The van der Waals surface area contributed by atoms with Crippen LogP contribution < -0.4 is 18.9 Å². The molecule has 0 heterocycles. The summed E-state index contributed by atoms with van der Waals surface area (Å²) in [5.41, 5.74) is 0. The number of carbonyl (C=O) groups is 2. The summed E-state index contributed by atoms with van der Waals surface area (Å²) in [5.74, 6) is 5.32. The average Bonchev–Trinajstić information content (AvgIpc) is 2.61. The molecule has 0 spiro atoms. The van der Waals surface area contributed by atoms with Crippen molar-refractivity contribution in [3.63, 3.8) is 0 Å². The monoisotopic (exact) mass is 360 g/mol. The minimum Gasteiger partial charge on any atom is -0.870 e. The average molecular weight is 360 g/mol. The first-order valence-electron chi connectivity index (χ1n) is 8.24. The van der Waals surface area contributed by atoms with Crippen LogP contribution in [0, 0.1) is 48.4 Å². The molecule has 0 amide bonds. The predicted molar refractivity (Wildman–Crippen MR) is 93.8 cm³/mol. The molecule has 142 valence electrons. The van der Waals surface area contributed by atoms with E-state index in [1.54, 1.807) is 0 Å². The van der Waals surface area contributed by atoms with Crippen molar-refractivity contribution in [1.29, 1.82) is 0 Å². The molecule has 6 nitrogen and oxygen atoms in total. The molecule has 2 saturated carbocycles. The number of ether oxygens (including phenoxy) is 1. The molecule has 0 aromatic rings. The first-order valence-corrected chi connectivity index (χ1v) is 8.24. The second-order valence-corrected chi connectivity index (χ2v) is 6.29. The summed E-state index contributed by atoms with van der Waals surface area (Å²) in [7, 11) is 1.44. The molecule has 0 aromatic heterocycles. The summed E-state index contributed by atoms with van der Waals surface area (Å²) in [6.07, 6.45) is 17.5. The summed E-state index contributed by atoms with van der Waals surface area (Å²) >= 11 is 0. The van der Waals surface area contributed by atoms with Gasteiger partial charge in [0.05, 0.1) is 18.9 Å². The summed E-state index contributed by atoms with van der Waals surface area (Å²) in [5, 5.41) is 8.65. The number of carboxylic acid groups (broad SMARTS) is 1. The van der Waals surface area contributed by atoms with E-state index in [4.69, 9.17) is 18.0 Å². The van der Waals surface area contributed by atoms with Gasteiger partial charge in [0.15, 0.2) is 0 Å². The van der Waals surface area contributed by atoms with Gasteiger partial charge in [-0.2, -0.15) is 0 Å². The zero-order valence-electron chi connectivity index (χ0n) is 15.7. The molecule has 0 atom stereocenters. The molecule has 0 aromatic carbocycles. The van der Waals surface area contributed by atoms with E-state index in [-0.39, 0.29) is 47.6 Å². The second kappa shape index (κ2) is 15.8. The van der Waals surface area contributed by atoms with Crippen LogP contribution in [0.25, 0.3) is 0 Å². The minimum absolute atomic E-state index is 0. The normalized spacial score (nSPS) is 26.4. The number of carbonyl (C=O) groups excluding carboxylic acids is 1. The predicted octanol–water partition coefficient (Wildman–Crippen LogP) is -0.888. The van der Waals surface area contributed by atoms with E-state index in [0.29, 0.717) is 11.8 Å². The van der Waals surface area contributed by atoms with Crippen LogP contribution in [0.4, 0.5) is 0 Å². The van der Waals surface area contributed by atoms with E-state index in [2.05, 4.69) is 16.6 Å². The fraction of sp³-hybridized carbons (Fsp3) is 0.684. The number of methoxy groups -OCH3 is 1. The van der Waals surface area contributed by atoms with Crippen molar-refractivity contribution < 1.29 is 49.2 Å². The molecule has 2 aliphatic rings. The molecule has 7 heteroatoms. The Morgan fingerprint density at radius 3 is 1.50 bits per heavy atom. The number of carboxylic acids is 1. The second-order valence-electron chi connectivity index (χ2n) is 6.29. The fourth-order valence-electron chi connectivity index (χ4n) is 3.17. The molecule has 4 N–H and O–H groups in total. The molecular weight excluding hydrogens is 331 g/mol. The molecule has 0 aliphatic heterocycles. The van der Waals surface area contributed by atoms with Crippen LogP contribution in [0.3, 0.4) is 0 Å². The van der Waals surface area contributed by atoms with Gasteiger partial charge in [-0.05, 0) is 51.4 Å². The molecule has 0 unspecified atom stereocenters. The van der Waals surface area contributed by atoms with Crippen molar-refractivity contribution >= 4 is 11.9 Å². The molecule has 0 bridgehead atoms. The first kappa shape index (κ1) is 29.3. The third kappa shape index (κ3) is 9.90. The van der Waals surface area contributed by atoms with Gasteiger partial charge in [-0.3, -0.25) is 9.59 Å². The molecule has 2 aliphatic carbocycles. The van der Waals surface area contributed by atoms with Crippen LogP contribution in [-0.4, -0.2) is 35.1 Å². The van der Waals surface area contributed by atoms with E-state index in [1.807, 2.05) is 0 Å². The van der Waals surface area contributed by atoms with Gasteiger partial charge in [0.25, 0.3) is 0 Å². The van der Waals surface area contributed by atoms with Crippen molar-refractivity contribution in [1.82, 2.24) is 0 Å². The Labute approximate surface area is 168 Å². The van der Waals surface area contributed by atoms with E-state index < -0.39 is 5.97 Å². The summed E-state index contributed by atoms with van der Waals surface area (Å²) in [6.45, 7) is 0. The Bertz CT molecular complexity index is 477. The van der Waals surface area contributed by atoms with Crippen molar-refractivity contribution in [2.75, 3.05) is 7.11 Å². The van der Waals surface area contributed by atoms with Gasteiger partial charge in [-0.15, -0.1) is 24.7 Å². The number of hydrogen-bond donors (Lipinski definition) is 1. The van der Waals surface area contributed by atoms with Crippen molar-refractivity contribution in [2.45, 2.75) is 51.4 Å². The molecular formula is C19H29LiO6. The van der Waals surface area contributed by atoms with Crippen molar-refractivity contribution in [2.24, 2.45) is 23.7 Å². The molecule has 26 heavy (non-hydrogen) atoms. The number of terminal acetylenes is 2. The smallest absolute Gasteiger partial charge is 0.870 e. The topological polar surface area (TPSA) is 125 Å². The van der Waals surface area contributed by atoms with E-state index in [1.165, 1.54) is 7.11 Å². The van der Waals surface area contributed by atoms with Gasteiger partial charge in [-0.1, -0.05) is 0 Å². The maximum atomic E-state index is 11.1. The third-order valence-electron chi connectivity index (χ3n) is 4.81. The van der Waals surface area contributed by atoms with Crippen LogP contribution in [-0.2, 0) is 14.3 Å². The number of esters is 1. The maximum Gasteiger partial charge on any atom is 1.00 e. The van der Waals surface area contributed by atoms with Gasteiger partial charge in [0.2, 0.25) is 0 Å². The maximum absolute atomic E-state index is 11.1. The van der Waals surface area contributed by atoms with Gasteiger partial charge < -0.3 is 20.8 Å². The molecule has 0 radical (unpaired) electrons. The molecule has 2 rings (SSSR count). The molecule has 0 saturated heterocycles. The Morgan fingerprint density at radius 1 is 0.885 bits per heavy atom. The van der Waals surface area contributed by atoms with Gasteiger partial charge in [0, 0.05) is 11.8 Å². The summed E-state index contributed by atoms with van der Waals surface area (Å²) < 4.78 is 4.67. The van der Waals surface area contributed by atoms with Crippen molar-refractivity contribution in [3.05, 3.63) is 0 Å². The van der Waals surface area contributed by atoms with E-state index >= 15 is 0 Å². The number of rotatable bonds is 2. The minimum atomic E-state index is -0.666. The first-order chi connectivity index (χ1) is 11.0. The number of hydrogen-bond acceptors (Lipinski definition) is 4. The Kier molecular flexibility index (Phi) is 17.8. The number of aliphatic carboxylic acids is 1. The van der Waals surface area contributed by atoms with Crippen LogP contribution in [0.15, 0.2) is 0 Å². The Morgan fingerprint density at radius 2 is 1.23 bits per heavy atom. The summed E-state index contributed by atoms with van der Waals surface area (Å²) in [6, 6.07) is 0. The quantitative estimate of drug-likeness (QED) is 0.389. The van der Waals surface area contributed by atoms with Crippen LogP contribution in [0.5, 0.6) is 0 Å². The molecule has 2 fully saturated rings. The van der Waals surface area contributed by atoms with Crippen LogP contribution >= 0.6 is 0 Å². The zero-order chi connectivity index (χ0) is 17.2. The summed E-state index contributed by atoms with van der Waals surface area (Å²) in [4.78, 5) is 21.6. The Hall–Kier alpha value is -1.42. The van der Waals surface area contributed by atoms with Crippen LogP contribution in [0.2, 0.25) is 0 Å². The van der Waals surface area contributed by atoms with E-state index in [9.17, 15) is 9.59 Å². The fourth-order valence-corrected chi connectivity index (χ4v) is 3.17. The van der Waals surface area contributed by atoms with Crippen molar-refractivity contribution in [3.8, 4) is 24.7 Å². The van der Waals surface area contributed by atoms with Gasteiger partial charge in [0.1, 0.15) is 0 Å². The standard InChI is InChI=1S/C10H14O2.C9H12O2.Li.2H2O/c1-3-8-4-6-9(7-5-8)10(11)12-2;1-2-7-3-5-8(6-4-7)9(10)11;;;/h1,8-9H,4-7H2,2H3;1,7-8H,3-6H2,(H,10,11);;2*1H2/q;;+1;;/p-1. The van der Waals surface area contributed by atoms with Gasteiger partial charge in [-0.25, -0.2) is 0 Å². The van der Waals surface area contributed by atoms with Gasteiger partial charge >= 0.3 is 30.8 Å². The Balaban J connectivity index is -0.000000366. The van der Waals surface area contributed by atoms with Crippen LogP contribution in [0.1, 0.15) is 51.4 Å². The largest absolute Gasteiger partial charge is 1.00 e. The zero-order valence-corrected chi connectivity index (χ0v) is 15.7. The third-order valence-corrected chi connectivity index (χ3v) is 4.81.